The van der Waals surface area contributed by atoms with Crippen molar-refractivity contribution < 1.29 is 4.74 Å². The number of piperazine rings is 1. The molecule has 2 saturated heterocycles. The Labute approximate surface area is 112 Å². The van der Waals surface area contributed by atoms with E-state index < -0.39 is 0 Å². The van der Waals surface area contributed by atoms with E-state index in [1.165, 1.54) is 5.69 Å². The molecular weight excluding hydrogens is 240 g/mol. The molecule has 19 heavy (non-hydrogen) atoms. The minimum absolute atomic E-state index is 0.525. The largest absolute Gasteiger partial charge is 0.378 e. The third-order valence-electron chi connectivity index (χ3n) is 4.21. The van der Waals surface area contributed by atoms with E-state index in [1.54, 1.807) is 6.33 Å². The summed E-state index contributed by atoms with van der Waals surface area (Å²) in [5, 5.41) is 0. The van der Waals surface area contributed by atoms with Crippen LogP contribution in [0.1, 0.15) is 0 Å². The number of para-hydroxylation sites is 1. The number of benzene rings is 1. The SMILES string of the molecule is c1cc(N2CCN3CCOCC3C2)c2nc[nH]c2c1. The van der Waals surface area contributed by atoms with E-state index in [0.29, 0.717) is 6.04 Å². The van der Waals surface area contributed by atoms with Gasteiger partial charge in [-0.1, -0.05) is 6.07 Å². The van der Waals surface area contributed by atoms with Crippen molar-refractivity contribution in [1.29, 1.82) is 0 Å². The molecule has 5 nitrogen and oxygen atoms in total. The molecule has 5 heteroatoms. The highest BCUT2D eigenvalue weighted by Crippen LogP contribution is 2.26. The predicted octanol–water partition coefficient (Wildman–Crippen LogP) is 1.08. The van der Waals surface area contributed by atoms with Crippen LogP contribution in [0.5, 0.6) is 0 Å². The number of ether oxygens (including phenoxy) is 1. The first-order valence-electron chi connectivity index (χ1n) is 6.91. The zero-order valence-corrected chi connectivity index (χ0v) is 10.9. The lowest BCUT2D eigenvalue weighted by molar-refractivity contribution is -0.0116. The summed E-state index contributed by atoms with van der Waals surface area (Å²) in [5.74, 6) is 0. The molecule has 2 fully saturated rings. The van der Waals surface area contributed by atoms with Gasteiger partial charge in [0.15, 0.2) is 0 Å². The number of nitrogens with one attached hydrogen (secondary N) is 1. The van der Waals surface area contributed by atoms with Gasteiger partial charge in [-0.15, -0.1) is 0 Å². The van der Waals surface area contributed by atoms with Crippen LogP contribution in [0.25, 0.3) is 11.0 Å². The second kappa shape index (κ2) is 4.51. The van der Waals surface area contributed by atoms with Crippen molar-refractivity contribution in [3.05, 3.63) is 24.5 Å². The molecule has 3 heterocycles. The van der Waals surface area contributed by atoms with Gasteiger partial charge in [0, 0.05) is 26.2 Å². The van der Waals surface area contributed by atoms with E-state index in [2.05, 4.69) is 38.0 Å². The Kier molecular flexibility index (Phi) is 2.67. The van der Waals surface area contributed by atoms with Crippen LogP contribution in [0, 0.1) is 0 Å². The first-order chi connectivity index (χ1) is 9.42. The average Bonchev–Trinajstić information content (AvgIpc) is 2.95. The zero-order chi connectivity index (χ0) is 12.7. The smallest absolute Gasteiger partial charge is 0.112 e. The topological polar surface area (TPSA) is 44.4 Å². The van der Waals surface area contributed by atoms with Gasteiger partial charge >= 0.3 is 0 Å². The fourth-order valence-electron chi connectivity index (χ4n) is 3.17. The number of hydrogen-bond acceptors (Lipinski definition) is 4. The Morgan fingerprint density at radius 3 is 3.26 bits per heavy atom. The van der Waals surface area contributed by atoms with E-state index in [-0.39, 0.29) is 0 Å². The van der Waals surface area contributed by atoms with Crippen molar-refractivity contribution >= 4 is 16.7 Å². The lowest BCUT2D eigenvalue weighted by Gasteiger charge is -2.44. The standard InChI is InChI=1S/C14H18N4O/c1-2-12-14(16-10-15-12)13(3-1)18-5-4-17-6-7-19-9-11(17)8-18/h1-3,10-11H,4-9H2,(H,15,16). The third-order valence-corrected chi connectivity index (χ3v) is 4.21. The molecule has 2 aliphatic heterocycles. The molecule has 0 radical (unpaired) electrons. The maximum Gasteiger partial charge on any atom is 0.112 e. The number of H-pyrrole nitrogens is 1. The van der Waals surface area contributed by atoms with Gasteiger partial charge in [-0.3, -0.25) is 4.90 Å². The minimum atomic E-state index is 0.525. The quantitative estimate of drug-likeness (QED) is 0.831. The average molecular weight is 258 g/mol. The van der Waals surface area contributed by atoms with Gasteiger partial charge in [0.2, 0.25) is 0 Å². The van der Waals surface area contributed by atoms with Crippen LogP contribution < -0.4 is 4.90 Å². The van der Waals surface area contributed by atoms with Gasteiger partial charge in [0.25, 0.3) is 0 Å². The molecule has 1 atom stereocenters. The van der Waals surface area contributed by atoms with Crippen molar-refractivity contribution in [3.63, 3.8) is 0 Å². The molecule has 1 aromatic carbocycles. The second-order valence-electron chi connectivity index (χ2n) is 5.29. The molecule has 1 unspecified atom stereocenters. The molecule has 4 rings (SSSR count). The summed E-state index contributed by atoms with van der Waals surface area (Å²) in [6.07, 6.45) is 1.77. The van der Waals surface area contributed by atoms with Gasteiger partial charge in [-0.2, -0.15) is 0 Å². The van der Waals surface area contributed by atoms with E-state index in [0.717, 1.165) is 50.4 Å². The summed E-state index contributed by atoms with van der Waals surface area (Å²) in [5.41, 5.74) is 3.43. The Bertz CT molecular complexity index is 582. The number of hydrogen-bond donors (Lipinski definition) is 1. The molecule has 1 aromatic heterocycles. The Hall–Kier alpha value is -1.59. The summed E-state index contributed by atoms with van der Waals surface area (Å²) in [4.78, 5) is 12.6. The molecule has 0 aliphatic carbocycles. The molecule has 0 spiro atoms. The van der Waals surface area contributed by atoms with E-state index in [4.69, 9.17) is 4.74 Å². The highest BCUT2D eigenvalue weighted by atomic mass is 16.5. The van der Waals surface area contributed by atoms with Crippen LogP contribution >= 0.6 is 0 Å². The molecule has 2 aromatic rings. The van der Waals surface area contributed by atoms with Crippen LogP contribution in [-0.2, 0) is 4.74 Å². The van der Waals surface area contributed by atoms with Crippen molar-refractivity contribution in [2.45, 2.75) is 6.04 Å². The monoisotopic (exact) mass is 258 g/mol. The van der Waals surface area contributed by atoms with Crippen molar-refractivity contribution in [1.82, 2.24) is 14.9 Å². The Morgan fingerprint density at radius 1 is 1.26 bits per heavy atom. The highest BCUT2D eigenvalue weighted by Gasteiger charge is 2.30. The maximum absolute atomic E-state index is 5.61. The van der Waals surface area contributed by atoms with E-state index >= 15 is 0 Å². The van der Waals surface area contributed by atoms with Crippen molar-refractivity contribution in [2.75, 3.05) is 44.3 Å². The molecular formula is C14H18N4O. The summed E-state index contributed by atoms with van der Waals surface area (Å²) in [6, 6.07) is 6.87. The Balaban J connectivity index is 1.64. The summed E-state index contributed by atoms with van der Waals surface area (Å²) in [6.45, 7) is 6.03. The number of rotatable bonds is 1. The third kappa shape index (κ3) is 1.89. The van der Waals surface area contributed by atoms with Gasteiger partial charge in [0.05, 0.1) is 36.8 Å². The molecule has 2 aliphatic rings. The molecule has 0 bridgehead atoms. The zero-order valence-electron chi connectivity index (χ0n) is 10.9. The number of nitrogens with zero attached hydrogens (tertiary/aromatic N) is 3. The summed E-state index contributed by atoms with van der Waals surface area (Å²) < 4.78 is 5.61. The van der Waals surface area contributed by atoms with Gasteiger partial charge in [0.1, 0.15) is 5.52 Å². The van der Waals surface area contributed by atoms with Crippen molar-refractivity contribution in [2.24, 2.45) is 0 Å². The van der Waals surface area contributed by atoms with Crippen LogP contribution in [0.2, 0.25) is 0 Å². The molecule has 0 amide bonds. The van der Waals surface area contributed by atoms with Crippen LogP contribution in [0.15, 0.2) is 24.5 Å². The van der Waals surface area contributed by atoms with Crippen LogP contribution in [0.4, 0.5) is 5.69 Å². The first kappa shape index (κ1) is 11.3. The number of morpholine rings is 1. The van der Waals surface area contributed by atoms with Gasteiger partial charge in [-0.25, -0.2) is 4.98 Å². The lowest BCUT2D eigenvalue weighted by Crippen LogP contribution is -2.58. The molecule has 1 N–H and O–H groups in total. The molecule has 100 valence electrons. The number of aromatic nitrogens is 2. The predicted molar refractivity (Wildman–Crippen MR) is 74.5 cm³/mol. The van der Waals surface area contributed by atoms with Crippen LogP contribution in [0.3, 0.4) is 0 Å². The number of aromatic amines is 1. The Morgan fingerprint density at radius 2 is 2.26 bits per heavy atom. The highest BCUT2D eigenvalue weighted by molar-refractivity contribution is 5.88. The summed E-state index contributed by atoms with van der Waals surface area (Å²) >= 11 is 0. The fraction of sp³-hybridized carbons (Fsp3) is 0.500. The van der Waals surface area contributed by atoms with Gasteiger partial charge in [-0.05, 0) is 12.1 Å². The first-order valence-corrected chi connectivity index (χ1v) is 6.91. The normalized spacial score (nSPS) is 24.6. The fourth-order valence-corrected chi connectivity index (χ4v) is 3.17. The maximum atomic E-state index is 5.61. The lowest BCUT2D eigenvalue weighted by atomic mass is 10.1. The van der Waals surface area contributed by atoms with Gasteiger partial charge < -0.3 is 14.6 Å². The molecule has 0 saturated carbocycles. The van der Waals surface area contributed by atoms with Crippen LogP contribution in [-0.4, -0.2) is 60.3 Å². The number of fused-ring (bicyclic) bond motifs is 2. The minimum Gasteiger partial charge on any atom is -0.378 e. The number of anilines is 1. The second-order valence-corrected chi connectivity index (χ2v) is 5.29. The summed E-state index contributed by atoms with van der Waals surface area (Å²) in [7, 11) is 0. The van der Waals surface area contributed by atoms with E-state index in [9.17, 15) is 0 Å². The van der Waals surface area contributed by atoms with Crippen molar-refractivity contribution in [3.8, 4) is 0 Å². The van der Waals surface area contributed by atoms with E-state index in [1.807, 2.05) is 0 Å². The number of imidazole rings is 1.